The van der Waals surface area contributed by atoms with Gasteiger partial charge in [-0.3, -0.25) is 9.59 Å². The molecule has 1 aliphatic heterocycles. The summed E-state index contributed by atoms with van der Waals surface area (Å²) in [6, 6.07) is -0.440. The molecular formula is C14H25N3O2. The van der Waals surface area contributed by atoms with E-state index in [4.69, 9.17) is 5.73 Å². The molecule has 1 aliphatic carbocycles. The minimum atomic E-state index is -0.440. The van der Waals surface area contributed by atoms with Crippen molar-refractivity contribution in [3.8, 4) is 0 Å². The van der Waals surface area contributed by atoms with Gasteiger partial charge in [0, 0.05) is 19.6 Å². The Labute approximate surface area is 114 Å². The Kier molecular flexibility index (Phi) is 4.13. The van der Waals surface area contributed by atoms with Gasteiger partial charge in [0.1, 0.15) is 6.04 Å². The first-order valence-corrected chi connectivity index (χ1v) is 7.28. The Bertz CT molecular complexity index is 358. The van der Waals surface area contributed by atoms with Crippen LogP contribution in [0.15, 0.2) is 0 Å². The van der Waals surface area contributed by atoms with Gasteiger partial charge < -0.3 is 16.0 Å². The number of amides is 2. The van der Waals surface area contributed by atoms with Crippen molar-refractivity contribution in [2.45, 2.75) is 45.6 Å². The highest BCUT2D eigenvalue weighted by molar-refractivity contribution is 5.90. The monoisotopic (exact) mass is 267 g/mol. The van der Waals surface area contributed by atoms with Crippen LogP contribution >= 0.6 is 0 Å². The van der Waals surface area contributed by atoms with Crippen LogP contribution in [0.4, 0.5) is 0 Å². The standard InChI is InChI=1S/C14H25N3O2/c1-10-7-14(8-10,9-15)13(19)16-11(2)12(18)17-5-3-4-6-17/h10-11H,3-9,15H2,1-2H3,(H,16,19). The van der Waals surface area contributed by atoms with Crippen LogP contribution in [0.1, 0.15) is 39.5 Å². The predicted octanol–water partition coefficient (Wildman–Crippen LogP) is 0.489. The van der Waals surface area contributed by atoms with E-state index in [2.05, 4.69) is 12.2 Å². The molecule has 1 saturated heterocycles. The molecule has 0 aromatic carbocycles. The van der Waals surface area contributed by atoms with Gasteiger partial charge in [-0.25, -0.2) is 0 Å². The Balaban J connectivity index is 1.89. The van der Waals surface area contributed by atoms with Gasteiger partial charge >= 0.3 is 0 Å². The quantitative estimate of drug-likeness (QED) is 0.778. The van der Waals surface area contributed by atoms with Crippen molar-refractivity contribution >= 4 is 11.8 Å². The first kappa shape index (κ1) is 14.3. The van der Waals surface area contributed by atoms with E-state index in [1.165, 1.54) is 0 Å². The Morgan fingerprint density at radius 3 is 2.42 bits per heavy atom. The third-order valence-electron chi connectivity index (χ3n) is 4.49. The average molecular weight is 267 g/mol. The summed E-state index contributed by atoms with van der Waals surface area (Å²) < 4.78 is 0. The van der Waals surface area contributed by atoms with Crippen molar-refractivity contribution in [2.24, 2.45) is 17.1 Å². The fourth-order valence-electron chi connectivity index (χ4n) is 3.34. The van der Waals surface area contributed by atoms with Gasteiger partial charge in [0.05, 0.1) is 5.41 Å². The van der Waals surface area contributed by atoms with Gasteiger partial charge in [-0.1, -0.05) is 6.92 Å². The summed E-state index contributed by atoms with van der Waals surface area (Å²) in [6.45, 7) is 5.90. The summed E-state index contributed by atoms with van der Waals surface area (Å²) in [7, 11) is 0. The molecule has 108 valence electrons. The zero-order valence-electron chi connectivity index (χ0n) is 11.9. The van der Waals surface area contributed by atoms with Crippen LogP contribution in [0.25, 0.3) is 0 Å². The lowest BCUT2D eigenvalue weighted by Gasteiger charge is -2.44. The van der Waals surface area contributed by atoms with Gasteiger partial charge in [-0.2, -0.15) is 0 Å². The highest BCUT2D eigenvalue weighted by Gasteiger charge is 2.47. The molecule has 1 unspecified atom stereocenters. The van der Waals surface area contributed by atoms with Crippen LogP contribution in [0.5, 0.6) is 0 Å². The SMILES string of the molecule is CC1CC(CN)(C(=O)NC(C)C(=O)N2CCCC2)C1. The lowest BCUT2D eigenvalue weighted by Crippen LogP contribution is -2.57. The Hall–Kier alpha value is -1.10. The summed E-state index contributed by atoms with van der Waals surface area (Å²) in [5.41, 5.74) is 5.32. The number of nitrogens with one attached hydrogen (secondary N) is 1. The molecule has 3 N–H and O–H groups in total. The van der Waals surface area contributed by atoms with Crippen LogP contribution in [0, 0.1) is 11.3 Å². The van der Waals surface area contributed by atoms with Crippen LogP contribution in [0.3, 0.4) is 0 Å². The van der Waals surface area contributed by atoms with E-state index < -0.39 is 11.5 Å². The zero-order valence-corrected chi connectivity index (χ0v) is 11.9. The molecule has 19 heavy (non-hydrogen) atoms. The van der Waals surface area contributed by atoms with E-state index in [-0.39, 0.29) is 11.8 Å². The molecule has 0 aromatic rings. The summed E-state index contributed by atoms with van der Waals surface area (Å²) in [4.78, 5) is 26.3. The van der Waals surface area contributed by atoms with Gasteiger partial charge in [-0.15, -0.1) is 0 Å². The lowest BCUT2D eigenvalue weighted by atomic mass is 9.62. The van der Waals surface area contributed by atoms with E-state index in [0.29, 0.717) is 12.5 Å². The number of hydrogen-bond donors (Lipinski definition) is 2. The second kappa shape index (κ2) is 5.49. The second-order valence-corrected chi connectivity index (χ2v) is 6.23. The topological polar surface area (TPSA) is 75.4 Å². The van der Waals surface area contributed by atoms with Crippen molar-refractivity contribution < 1.29 is 9.59 Å². The molecule has 1 saturated carbocycles. The molecular weight excluding hydrogens is 242 g/mol. The highest BCUT2D eigenvalue weighted by atomic mass is 16.2. The minimum absolute atomic E-state index is 0.0328. The molecule has 2 amide bonds. The Morgan fingerprint density at radius 2 is 1.95 bits per heavy atom. The molecule has 5 heteroatoms. The molecule has 0 spiro atoms. The lowest BCUT2D eigenvalue weighted by molar-refractivity contribution is -0.143. The molecule has 0 aromatic heterocycles. The number of nitrogens with zero attached hydrogens (tertiary/aromatic N) is 1. The number of likely N-dealkylation sites (tertiary alicyclic amines) is 1. The number of rotatable bonds is 4. The van der Waals surface area contributed by atoms with Crippen LogP contribution < -0.4 is 11.1 Å². The van der Waals surface area contributed by atoms with Gasteiger partial charge in [0.2, 0.25) is 11.8 Å². The number of carbonyl (C=O) groups excluding carboxylic acids is 2. The fourth-order valence-corrected chi connectivity index (χ4v) is 3.34. The normalized spacial score (nSPS) is 31.7. The first-order chi connectivity index (χ1) is 8.98. The van der Waals surface area contributed by atoms with E-state index >= 15 is 0 Å². The molecule has 1 heterocycles. The van der Waals surface area contributed by atoms with Crippen LogP contribution in [-0.2, 0) is 9.59 Å². The highest BCUT2D eigenvalue weighted by Crippen LogP contribution is 2.44. The summed E-state index contributed by atoms with van der Waals surface area (Å²) in [6.07, 6.45) is 3.80. The molecule has 2 rings (SSSR count). The van der Waals surface area contributed by atoms with Crippen molar-refractivity contribution in [1.82, 2.24) is 10.2 Å². The molecule has 0 radical (unpaired) electrons. The fraction of sp³-hybridized carbons (Fsp3) is 0.857. The molecule has 5 nitrogen and oxygen atoms in total. The number of carbonyl (C=O) groups is 2. The van der Waals surface area contributed by atoms with E-state index in [9.17, 15) is 9.59 Å². The van der Waals surface area contributed by atoms with E-state index in [1.54, 1.807) is 6.92 Å². The van der Waals surface area contributed by atoms with Crippen LogP contribution in [0.2, 0.25) is 0 Å². The number of hydrogen-bond acceptors (Lipinski definition) is 3. The second-order valence-electron chi connectivity index (χ2n) is 6.23. The summed E-state index contributed by atoms with van der Waals surface area (Å²) in [5, 5.41) is 2.86. The maximum atomic E-state index is 12.3. The summed E-state index contributed by atoms with van der Waals surface area (Å²) in [5.74, 6) is 0.539. The third kappa shape index (κ3) is 2.76. The van der Waals surface area contributed by atoms with Gasteiger partial charge in [0.15, 0.2) is 0 Å². The Morgan fingerprint density at radius 1 is 1.37 bits per heavy atom. The molecule has 1 atom stereocenters. The van der Waals surface area contributed by atoms with Crippen molar-refractivity contribution in [2.75, 3.05) is 19.6 Å². The van der Waals surface area contributed by atoms with Gasteiger partial charge in [0.25, 0.3) is 0 Å². The number of nitrogens with two attached hydrogens (primary N) is 1. The smallest absolute Gasteiger partial charge is 0.244 e. The third-order valence-corrected chi connectivity index (χ3v) is 4.49. The molecule has 2 fully saturated rings. The van der Waals surface area contributed by atoms with Gasteiger partial charge in [-0.05, 0) is 38.5 Å². The first-order valence-electron chi connectivity index (χ1n) is 7.28. The maximum Gasteiger partial charge on any atom is 0.244 e. The molecule has 0 bridgehead atoms. The van der Waals surface area contributed by atoms with Crippen molar-refractivity contribution in [3.63, 3.8) is 0 Å². The van der Waals surface area contributed by atoms with E-state index in [1.807, 2.05) is 4.90 Å². The van der Waals surface area contributed by atoms with Crippen LogP contribution in [-0.4, -0.2) is 42.4 Å². The predicted molar refractivity (Wildman–Crippen MR) is 73.3 cm³/mol. The molecule has 2 aliphatic rings. The average Bonchev–Trinajstić information content (AvgIpc) is 2.87. The maximum absolute atomic E-state index is 12.3. The van der Waals surface area contributed by atoms with E-state index in [0.717, 1.165) is 38.8 Å². The summed E-state index contributed by atoms with van der Waals surface area (Å²) >= 11 is 0. The zero-order chi connectivity index (χ0) is 14.0. The van der Waals surface area contributed by atoms with Crippen molar-refractivity contribution in [3.05, 3.63) is 0 Å². The van der Waals surface area contributed by atoms with Crippen molar-refractivity contribution in [1.29, 1.82) is 0 Å². The minimum Gasteiger partial charge on any atom is -0.344 e. The largest absolute Gasteiger partial charge is 0.344 e.